The molecule has 1 saturated carbocycles. The molecule has 0 aromatic heterocycles. The van der Waals surface area contributed by atoms with Crippen LogP contribution in [0.15, 0.2) is 18.2 Å². The van der Waals surface area contributed by atoms with E-state index in [0.29, 0.717) is 5.92 Å². The zero-order valence-electron chi connectivity index (χ0n) is 10.2. The summed E-state index contributed by atoms with van der Waals surface area (Å²) in [4.78, 5) is 12.2. The van der Waals surface area contributed by atoms with Gasteiger partial charge in [-0.25, -0.2) is 0 Å². The number of halogens is 1. The summed E-state index contributed by atoms with van der Waals surface area (Å²) in [6.07, 6.45) is 6.18. The number of carbonyl (C=O) groups excluding carboxylic acids is 1. The molecule has 1 atom stereocenters. The van der Waals surface area contributed by atoms with E-state index in [9.17, 15) is 4.79 Å². The summed E-state index contributed by atoms with van der Waals surface area (Å²) in [6, 6.07) is 6.10. The zero-order chi connectivity index (χ0) is 12.5. The van der Waals surface area contributed by atoms with Gasteiger partial charge in [-0.3, -0.25) is 4.79 Å². The van der Waals surface area contributed by atoms with Gasteiger partial charge in [0.05, 0.1) is 11.4 Å². The second-order valence-electron chi connectivity index (χ2n) is 5.20. The number of rotatable bonds is 1. The van der Waals surface area contributed by atoms with Crippen LogP contribution in [0.3, 0.4) is 0 Å². The molecule has 18 heavy (non-hydrogen) atoms. The van der Waals surface area contributed by atoms with Crippen molar-refractivity contribution in [3.8, 4) is 0 Å². The molecule has 1 aromatic rings. The molecule has 96 valence electrons. The Bertz CT molecular complexity index is 469. The molecule has 1 heterocycles. The Kier molecular flexibility index (Phi) is 3.46. The highest BCUT2D eigenvalue weighted by Gasteiger charge is 2.33. The summed E-state index contributed by atoms with van der Waals surface area (Å²) in [5.41, 5.74) is 1.98. The van der Waals surface area contributed by atoms with Crippen molar-refractivity contribution >= 4 is 39.9 Å². The van der Waals surface area contributed by atoms with Crippen LogP contribution >= 0.6 is 22.6 Å². The highest BCUT2D eigenvalue weighted by atomic mass is 127. The summed E-state index contributed by atoms with van der Waals surface area (Å²) in [6.45, 7) is 0. The zero-order valence-corrected chi connectivity index (χ0v) is 12.4. The van der Waals surface area contributed by atoms with Crippen molar-refractivity contribution in [2.45, 2.75) is 38.1 Å². The van der Waals surface area contributed by atoms with Crippen molar-refractivity contribution in [1.29, 1.82) is 0 Å². The second-order valence-corrected chi connectivity index (χ2v) is 6.44. The van der Waals surface area contributed by atoms with Gasteiger partial charge >= 0.3 is 0 Å². The van der Waals surface area contributed by atoms with Gasteiger partial charge in [0.2, 0.25) is 5.91 Å². The molecule has 1 aromatic carbocycles. The molecule has 0 saturated heterocycles. The van der Waals surface area contributed by atoms with Crippen molar-refractivity contribution in [1.82, 2.24) is 0 Å². The Morgan fingerprint density at radius 2 is 1.89 bits per heavy atom. The fourth-order valence-electron chi connectivity index (χ4n) is 2.99. The van der Waals surface area contributed by atoms with Crippen LogP contribution in [0.25, 0.3) is 0 Å². The van der Waals surface area contributed by atoms with Crippen molar-refractivity contribution in [3.63, 3.8) is 0 Å². The Labute approximate surface area is 121 Å². The van der Waals surface area contributed by atoms with Crippen molar-refractivity contribution in [2.24, 2.45) is 5.92 Å². The average Bonchev–Trinajstić information content (AvgIpc) is 2.39. The van der Waals surface area contributed by atoms with E-state index in [1.54, 1.807) is 0 Å². The Morgan fingerprint density at radius 1 is 1.11 bits per heavy atom. The van der Waals surface area contributed by atoms with Crippen LogP contribution in [0.4, 0.5) is 11.4 Å². The van der Waals surface area contributed by atoms with E-state index >= 15 is 0 Å². The summed E-state index contributed by atoms with van der Waals surface area (Å²) in [5.74, 6) is 0.627. The summed E-state index contributed by atoms with van der Waals surface area (Å²) in [5, 5.41) is 6.47. The van der Waals surface area contributed by atoms with E-state index in [-0.39, 0.29) is 11.9 Å². The maximum absolute atomic E-state index is 12.2. The third-order valence-corrected chi connectivity index (χ3v) is 4.63. The number of fused-ring (bicyclic) bond motifs is 1. The van der Waals surface area contributed by atoms with Crippen LogP contribution in [0, 0.1) is 9.49 Å². The first-order valence-electron chi connectivity index (χ1n) is 6.61. The van der Waals surface area contributed by atoms with Crippen molar-refractivity contribution < 1.29 is 4.79 Å². The first-order valence-corrected chi connectivity index (χ1v) is 7.69. The molecular weight excluding hydrogens is 339 g/mol. The van der Waals surface area contributed by atoms with Crippen LogP contribution in [0.1, 0.15) is 32.1 Å². The van der Waals surface area contributed by atoms with Crippen LogP contribution in [0.5, 0.6) is 0 Å². The third-order valence-electron chi connectivity index (χ3n) is 3.95. The fraction of sp³-hybridized carbons (Fsp3) is 0.500. The molecule has 1 amide bonds. The lowest BCUT2D eigenvalue weighted by Gasteiger charge is -2.34. The minimum atomic E-state index is -0.0436. The molecular formula is C14H17IN2O. The quantitative estimate of drug-likeness (QED) is 0.755. The number of hydrogen-bond donors (Lipinski definition) is 2. The van der Waals surface area contributed by atoms with Gasteiger partial charge < -0.3 is 10.6 Å². The van der Waals surface area contributed by atoms with E-state index in [1.807, 2.05) is 6.07 Å². The lowest BCUT2D eigenvalue weighted by Crippen LogP contribution is -2.44. The molecule has 1 aliphatic carbocycles. The number of anilines is 2. The van der Waals surface area contributed by atoms with Gasteiger partial charge in [0.15, 0.2) is 0 Å². The maximum atomic E-state index is 12.2. The minimum Gasteiger partial charge on any atom is -0.372 e. The lowest BCUT2D eigenvalue weighted by atomic mass is 9.83. The largest absolute Gasteiger partial charge is 0.372 e. The SMILES string of the molecule is O=C1Nc2cc(I)ccc2NC1C1CCCCC1. The molecule has 0 radical (unpaired) electrons. The average molecular weight is 356 g/mol. The highest BCUT2D eigenvalue weighted by Crippen LogP contribution is 2.34. The molecule has 1 aliphatic heterocycles. The predicted octanol–water partition coefficient (Wildman–Crippen LogP) is 3.60. The van der Waals surface area contributed by atoms with Gasteiger partial charge in [0, 0.05) is 3.57 Å². The maximum Gasteiger partial charge on any atom is 0.247 e. The normalized spacial score (nSPS) is 24.1. The monoisotopic (exact) mass is 356 g/mol. The number of benzene rings is 1. The van der Waals surface area contributed by atoms with Gasteiger partial charge in [0.25, 0.3) is 0 Å². The lowest BCUT2D eigenvalue weighted by molar-refractivity contribution is -0.118. The summed E-state index contributed by atoms with van der Waals surface area (Å²) in [7, 11) is 0. The fourth-order valence-corrected chi connectivity index (χ4v) is 3.48. The standard InChI is InChI=1S/C14H17IN2O/c15-10-6-7-11-12(8-10)17-14(18)13(16-11)9-4-2-1-3-5-9/h6-9,13,16H,1-5H2,(H,17,18). The second kappa shape index (κ2) is 5.07. The number of hydrogen-bond acceptors (Lipinski definition) is 2. The van der Waals surface area contributed by atoms with Crippen LogP contribution in [-0.2, 0) is 4.79 Å². The molecule has 3 rings (SSSR count). The molecule has 2 aliphatic rings. The molecule has 4 heteroatoms. The van der Waals surface area contributed by atoms with E-state index in [4.69, 9.17) is 0 Å². The van der Waals surface area contributed by atoms with E-state index in [2.05, 4.69) is 45.4 Å². The molecule has 0 spiro atoms. The van der Waals surface area contributed by atoms with Gasteiger partial charge in [-0.05, 0) is 59.5 Å². The number of amides is 1. The summed E-state index contributed by atoms with van der Waals surface area (Å²) < 4.78 is 1.14. The smallest absolute Gasteiger partial charge is 0.247 e. The first kappa shape index (κ1) is 12.3. The third kappa shape index (κ3) is 2.35. The Morgan fingerprint density at radius 3 is 2.67 bits per heavy atom. The molecule has 1 unspecified atom stereocenters. The molecule has 1 fully saturated rings. The van der Waals surface area contributed by atoms with Gasteiger partial charge in [-0.2, -0.15) is 0 Å². The molecule has 0 bridgehead atoms. The van der Waals surface area contributed by atoms with Crippen LogP contribution in [-0.4, -0.2) is 11.9 Å². The van der Waals surface area contributed by atoms with E-state index in [0.717, 1.165) is 14.9 Å². The Balaban J connectivity index is 1.82. The first-order chi connectivity index (χ1) is 8.74. The summed E-state index contributed by atoms with van der Waals surface area (Å²) >= 11 is 2.26. The van der Waals surface area contributed by atoms with Crippen LogP contribution < -0.4 is 10.6 Å². The number of nitrogens with one attached hydrogen (secondary N) is 2. The van der Waals surface area contributed by atoms with E-state index < -0.39 is 0 Å². The highest BCUT2D eigenvalue weighted by molar-refractivity contribution is 14.1. The van der Waals surface area contributed by atoms with Gasteiger partial charge in [-0.1, -0.05) is 19.3 Å². The van der Waals surface area contributed by atoms with Crippen LogP contribution in [0.2, 0.25) is 0 Å². The number of carbonyl (C=O) groups is 1. The van der Waals surface area contributed by atoms with Crippen molar-refractivity contribution in [2.75, 3.05) is 10.6 Å². The van der Waals surface area contributed by atoms with E-state index in [1.165, 1.54) is 32.1 Å². The molecule has 3 nitrogen and oxygen atoms in total. The topological polar surface area (TPSA) is 41.1 Å². The van der Waals surface area contributed by atoms with Gasteiger partial charge in [0.1, 0.15) is 6.04 Å². The van der Waals surface area contributed by atoms with Crippen molar-refractivity contribution in [3.05, 3.63) is 21.8 Å². The minimum absolute atomic E-state index is 0.0436. The predicted molar refractivity (Wildman–Crippen MR) is 81.8 cm³/mol. The molecule has 2 N–H and O–H groups in total. The van der Waals surface area contributed by atoms with Gasteiger partial charge in [-0.15, -0.1) is 0 Å². The Hall–Kier alpha value is -0.780.